The van der Waals surface area contributed by atoms with Gasteiger partial charge in [-0.05, 0) is 37.0 Å². The lowest BCUT2D eigenvalue weighted by molar-refractivity contribution is 0.286. The molecule has 0 spiro atoms. The SMILES string of the molecule is CCCCOc1nc(N)c2nc(OC)n(CCCCNS(=O)(=O)c3cccc(CC#N)c3)c2n1. The Morgan fingerprint density at radius 3 is 2.76 bits per heavy atom. The van der Waals surface area contributed by atoms with Crippen molar-refractivity contribution in [3.05, 3.63) is 29.8 Å². The number of nitriles is 1. The molecule has 0 saturated carbocycles. The molecule has 2 aromatic heterocycles. The highest BCUT2D eigenvalue weighted by Gasteiger charge is 2.18. The van der Waals surface area contributed by atoms with Gasteiger partial charge >= 0.3 is 6.01 Å². The van der Waals surface area contributed by atoms with Crippen LogP contribution in [0.1, 0.15) is 38.2 Å². The van der Waals surface area contributed by atoms with Crippen molar-refractivity contribution in [2.45, 2.75) is 50.5 Å². The highest BCUT2D eigenvalue weighted by molar-refractivity contribution is 7.89. The Hall–Kier alpha value is -3.43. The molecule has 0 atom stereocenters. The maximum absolute atomic E-state index is 12.6. The van der Waals surface area contributed by atoms with Crippen LogP contribution in [0.4, 0.5) is 5.82 Å². The lowest BCUT2D eigenvalue weighted by atomic mass is 10.2. The number of nitrogens with two attached hydrogens (primary N) is 1. The van der Waals surface area contributed by atoms with Crippen LogP contribution < -0.4 is 19.9 Å². The number of imidazole rings is 1. The van der Waals surface area contributed by atoms with E-state index in [2.05, 4.69) is 26.6 Å². The lowest BCUT2D eigenvalue weighted by Crippen LogP contribution is -2.25. The molecule has 0 aliphatic rings. The Balaban J connectivity index is 1.63. The van der Waals surface area contributed by atoms with Crippen molar-refractivity contribution in [2.24, 2.45) is 0 Å². The zero-order valence-electron chi connectivity index (χ0n) is 19.3. The number of nitrogens with zero attached hydrogens (tertiary/aromatic N) is 5. The van der Waals surface area contributed by atoms with E-state index in [4.69, 9.17) is 20.5 Å². The fraction of sp³-hybridized carbons (Fsp3) is 0.455. The molecule has 12 heteroatoms. The van der Waals surface area contributed by atoms with Crippen LogP contribution in [0.2, 0.25) is 0 Å². The number of anilines is 1. The zero-order chi connectivity index (χ0) is 24.6. The van der Waals surface area contributed by atoms with Crippen LogP contribution in [0.3, 0.4) is 0 Å². The van der Waals surface area contributed by atoms with Gasteiger partial charge in [-0.3, -0.25) is 4.57 Å². The molecular formula is C22H29N7O4S. The van der Waals surface area contributed by atoms with Gasteiger partial charge in [0.15, 0.2) is 17.0 Å². The number of ether oxygens (including phenoxy) is 2. The summed E-state index contributed by atoms with van der Waals surface area (Å²) in [5, 5.41) is 8.82. The predicted molar refractivity (Wildman–Crippen MR) is 127 cm³/mol. The molecule has 0 unspecified atom stereocenters. The molecule has 2 heterocycles. The Kier molecular flexibility index (Phi) is 8.61. The standard InChI is InChI=1S/C22H29N7O4S/c1-3-4-14-33-21-27-19(24)18-20(28-21)29(22(26-18)32-2)13-6-5-12-25-34(30,31)17-9-7-8-16(15-17)10-11-23/h7-9,15,25H,3-6,10,12-14H2,1-2H3,(H2,24,27,28). The number of unbranched alkanes of at least 4 members (excludes halogenated alkanes) is 2. The Morgan fingerprint density at radius 2 is 2.03 bits per heavy atom. The van der Waals surface area contributed by atoms with Crippen molar-refractivity contribution in [3.8, 4) is 18.1 Å². The molecule has 34 heavy (non-hydrogen) atoms. The maximum atomic E-state index is 12.6. The minimum atomic E-state index is -3.66. The first-order valence-corrected chi connectivity index (χ1v) is 12.5. The number of fused-ring (bicyclic) bond motifs is 1. The van der Waals surface area contributed by atoms with Crippen LogP contribution >= 0.6 is 0 Å². The first kappa shape index (κ1) is 25.2. The van der Waals surface area contributed by atoms with E-state index in [0.717, 1.165) is 12.8 Å². The number of nitrogens with one attached hydrogen (secondary N) is 1. The smallest absolute Gasteiger partial charge is 0.320 e. The van der Waals surface area contributed by atoms with E-state index in [-0.39, 0.29) is 29.7 Å². The van der Waals surface area contributed by atoms with E-state index in [1.807, 2.05) is 6.07 Å². The van der Waals surface area contributed by atoms with Crippen LogP contribution in [-0.4, -0.2) is 48.2 Å². The number of sulfonamides is 1. The number of methoxy groups -OCH3 is 1. The van der Waals surface area contributed by atoms with Gasteiger partial charge in [-0.2, -0.15) is 20.2 Å². The average Bonchev–Trinajstić information content (AvgIpc) is 3.17. The summed E-state index contributed by atoms with van der Waals surface area (Å²) in [4.78, 5) is 13.1. The second-order valence-corrected chi connectivity index (χ2v) is 9.37. The highest BCUT2D eigenvalue weighted by atomic mass is 32.2. The molecule has 1 aromatic carbocycles. The molecule has 3 aromatic rings. The molecule has 0 bridgehead atoms. The van der Waals surface area contributed by atoms with E-state index in [1.54, 1.807) is 16.7 Å². The van der Waals surface area contributed by atoms with E-state index in [1.165, 1.54) is 19.2 Å². The van der Waals surface area contributed by atoms with Crippen molar-refractivity contribution >= 4 is 27.0 Å². The number of hydrogen-bond acceptors (Lipinski definition) is 9. The molecule has 182 valence electrons. The third-order valence-electron chi connectivity index (χ3n) is 5.07. The van der Waals surface area contributed by atoms with Gasteiger partial charge in [0.05, 0.1) is 31.1 Å². The van der Waals surface area contributed by atoms with Crippen molar-refractivity contribution < 1.29 is 17.9 Å². The molecule has 0 amide bonds. The topological polar surface area (TPSA) is 158 Å². The number of rotatable bonds is 13. The Bertz CT molecular complexity index is 1270. The summed E-state index contributed by atoms with van der Waals surface area (Å²) in [6.45, 7) is 3.30. The molecule has 0 radical (unpaired) electrons. The van der Waals surface area contributed by atoms with Gasteiger partial charge in [0, 0.05) is 13.1 Å². The second-order valence-electron chi connectivity index (χ2n) is 7.60. The lowest BCUT2D eigenvalue weighted by Gasteiger charge is -2.10. The largest absolute Gasteiger partial charge is 0.468 e. The molecule has 3 rings (SSSR count). The molecule has 0 saturated heterocycles. The second kappa shape index (κ2) is 11.6. The highest BCUT2D eigenvalue weighted by Crippen LogP contribution is 2.26. The van der Waals surface area contributed by atoms with E-state index >= 15 is 0 Å². The van der Waals surface area contributed by atoms with Crippen molar-refractivity contribution in [3.63, 3.8) is 0 Å². The van der Waals surface area contributed by atoms with Crippen LogP contribution in [0, 0.1) is 11.3 Å². The molecule has 0 fully saturated rings. The van der Waals surface area contributed by atoms with E-state index in [9.17, 15) is 8.42 Å². The maximum Gasteiger partial charge on any atom is 0.320 e. The van der Waals surface area contributed by atoms with Crippen molar-refractivity contribution in [1.82, 2.24) is 24.2 Å². The Morgan fingerprint density at radius 1 is 1.21 bits per heavy atom. The van der Waals surface area contributed by atoms with E-state index in [0.29, 0.717) is 48.7 Å². The van der Waals surface area contributed by atoms with Crippen LogP contribution in [0.15, 0.2) is 29.2 Å². The zero-order valence-corrected chi connectivity index (χ0v) is 20.1. The van der Waals surface area contributed by atoms with Gasteiger partial charge in [-0.25, -0.2) is 13.1 Å². The summed E-state index contributed by atoms with van der Waals surface area (Å²) in [6, 6.07) is 8.93. The summed E-state index contributed by atoms with van der Waals surface area (Å²) < 4.78 is 40.5. The summed E-state index contributed by atoms with van der Waals surface area (Å²) in [6.07, 6.45) is 3.22. The predicted octanol–water partition coefficient (Wildman–Crippen LogP) is 2.42. The van der Waals surface area contributed by atoms with Gasteiger partial charge in [0.25, 0.3) is 6.01 Å². The van der Waals surface area contributed by atoms with Crippen LogP contribution in [0.25, 0.3) is 11.2 Å². The van der Waals surface area contributed by atoms with Crippen LogP contribution in [-0.2, 0) is 23.0 Å². The normalized spacial score (nSPS) is 11.4. The van der Waals surface area contributed by atoms with Gasteiger partial charge in [0.2, 0.25) is 10.0 Å². The minimum Gasteiger partial charge on any atom is -0.468 e. The third kappa shape index (κ3) is 6.12. The minimum absolute atomic E-state index is 0.144. The van der Waals surface area contributed by atoms with Gasteiger partial charge in [-0.1, -0.05) is 25.5 Å². The first-order valence-electron chi connectivity index (χ1n) is 11.1. The Labute approximate surface area is 199 Å². The van der Waals surface area contributed by atoms with Crippen molar-refractivity contribution in [1.29, 1.82) is 5.26 Å². The first-order chi connectivity index (χ1) is 16.4. The average molecular weight is 488 g/mol. The summed E-state index contributed by atoms with van der Waals surface area (Å²) >= 11 is 0. The van der Waals surface area contributed by atoms with Gasteiger partial charge in [0.1, 0.15) is 0 Å². The van der Waals surface area contributed by atoms with E-state index < -0.39 is 10.0 Å². The molecular weight excluding hydrogens is 458 g/mol. The van der Waals surface area contributed by atoms with Gasteiger partial charge < -0.3 is 15.2 Å². The number of aromatic nitrogens is 4. The number of benzene rings is 1. The summed E-state index contributed by atoms with van der Waals surface area (Å²) in [5.41, 5.74) is 7.64. The fourth-order valence-corrected chi connectivity index (χ4v) is 4.45. The molecule has 3 N–H and O–H groups in total. The summed E-state index contributed by atoms with van der Waals surface area (Å²) in [7, 11) is -2.15. The summed E-state index contributed by atoms with van der Waals surface area (Å²) in [5.74, 6) is 0.208. The fourth-order valence-electron chi connectivity index (χ4n) is 3.31. The number of nitrogen functional groups attached to an aromatic ring is 1. The van der Waals surface area contributed by atoms with Crippen molar-refractivity contribution in [2.75, 3.05) is 26.0 Å². The quantitative estimate of drug-likeness (QED) is 0.345. The number of hydrogen-bond donors (Lipinski definition) is 2. The monoisotopic (exact) mass is 487 g/mol. The number of aryl methyl sites for hydroxylation is 1. The molecule has 0 aliphatic carbocycles. The molecule has 0 aliphatic heterocycles. The molecule has 11 nitrogen and oxygen atoms in total. The van der Waals surface area contributed by atoms with Crippen LogP contribution in [0.5, 0.6) is 12.0 Å². The third-order valence-corrected chi connectivity index (χ3v) is 6.53. The van der Waals surface area contributed by atoms with Gasteiger partial charge in [-0.15, -0.1) is 0 Å².